The Bertz CT molecular complexity index is 705. The van der Waals surface area contributed by atoms with E-state index in [1.807, 2.05) is 12.2 Å². The Balaban J connectivity index is 1.65. The third-order valence-electron chi connectivity index (χ3n) is 6.34. The minimum absolute atomic E-state index is 0.597. The maximum Gasteiger partial charge on any atom is 0.0249 e. The molecule has 0 bridgehead atoms. The molecule has 0 N–H and O–H groups in total. The average molecular weight is 403 g/mol. The molecule has 0 radical (unpaired) electrons. The molecule has 0 atom stereocenters. The highest BCUT2D eigenvalue weighted by Crippen LogP contribution is 2.31. The fourth-order valence-corrected chi connectivity index (χ4v) is 4.34. The van der Waals surface area contributed by atoms with Crippen LogP contribution in [0.1, 0.15) is 108 Å². The van der Waals surface area contributed by atoms with Gasteiger partial charge in [0.1, 0.15) is 0 Å². The Morgan fingerprint density at radius 3 is 2.17 bits per heavy atom. The molecule has 1 aliphatic carbocycles. The summed E-state index contributed by atoms with van der Waals surface area (Å²) in [6.07, 6.45) is 22.6. The van der Waals surface area contributed by atoms with E-state index in [0.29, 0.717) is 5.92 Å². The normalized spacial score (nSPS) is 18.5. The van der Waals surface area contributed by atoms with E-state index < -0.39 is 0 Å². The van der Waals surface area contributed by atoms with Crippen LogP contribution in [0.5, 0.6) is 0 Å². The maximum absolute atomic E-state index is 3.44. The van der Waals surface area contributed by atoms with Gasteiger partial charge in [0, 0.05) is 11.5 Å². The van der Waals surface area contributed by atoms with Crippen molar-refractivity contribution >= 4 is 0 Å². The van der Waals surface area contributed by atoms with E-state index >= 15 is 0 Å². The van der Waals surface area contributed by atoms with Gasteiger partial charge in [0.25, 0.3) is 0 Å². The zero-order chi connectivity index (χ0) is 21.3. The Morgan fingerprint density at radius 1 is 0.767 bits per heavy atom. The second kappa shape index (κ2) is 15.9. The minimum Gasteiger partial charge on any atom is -0.0951 e. The van der Waals surface area contributed by atoms with E-state index in [0.717, 1.165) is 11.5 Å². The van der Waals surface area contributed by atoms with Crippen molar-refractivity contribution in [1.29, 1.82) is 0 Å². The van der Waals surface area contributed by atoms with Gasteiger partial charge >= 0.3 is 0 Å². The lowest BCUT2D eigenvalue weighted by atomic mass is 9.80. The molecule has 0 amide bonds. The predicted molar refractivity (Wildman–Crippen MR) is 132 cm³/mol. The van der Waals surface area contributed by atoms with E-state index in [1.165, 1.54) is 95.5 Å². The molecule has 0 spiro atoms. The van der Waals surface area contributed by atoms with Gasteiger partial charge in [-0.05, 0) is 74.3 Å². The largest absolute Gasteiger partial charge is 0.0951 e. The lowest BCUT2D eigenvalue weighted by Crippen LogP contribution is -2.13. The zero-order valence-corrected chi connectivity index (χ0v) is 19.5. The molecular formula is C30H42. The zero-order valence-electron chi connectivity index (χ0n) is 19.5. The van der Waals surface area contributed by atoms with E-state index in [1.54, 1.807) is 0 Å². The molecule has 162 valence electrons. The molecule has 0 saturated heterocycles. The highest BCUT2D eigenvalue weighted by atomic mass is 14.2. The van der Waals surface area contributed by atoms with Crippen LogP contribution in [-0.2, 0) is 6.42 Å². The summed E-state index contributed by atoms with van der Waals surface area (Å²) in [4.78, 5) is 0. The summed E-state index contributed by atoms with van der Waals surface area (Å²) in [6.45, 7) is 4.56. The first-order chi connectivity index (χ1) is 14.8. The van der Waals surface area contributed by atoms with Gasteiger partial charge in [-0.15, -0.1) is 0 Å². The highest BCUT2D eigenvalue weighted by molar-refractivity contribution is 5.39. The Hall–Kier alpha value is -1.92. The SMILES string of the molecule is CCCCCCCc1ccc(C#C/C=C/C#CC2CCC(CCCCC)CC2)cc1. The van der Waals surface area contributed by atoms with Gasteiger partial charge in [-0.3, -0.25) is 0 Å². The highest BCUT2D eigenvalue weighted by Gasteiger charge is 2.19. The van der Waals surface area contributed by atoms with Gasteiger partial charge in [-0.1, -0.05) is 101 Å². The summed E-state index contributed by atoms with van der Waals surface area (Å²) in [5.74, 6) is 14.6. The quantitative estimate of drug-likeness (QED) is 0.272. The molecule has 30 heavy (non-hydrogen) atoms. The maximum atomic E-state index is 3.44. The molecule has 1 aromatic rings. The van der Waals surface area contributed by atoms with Crippen molar-refractivity contribution < 1.29 is 0 Å². The second-order valence-corrected chi connectivity index (χ2v) is 8.97. The van der Waals surface area contributed by atoms with Crippen LogP contribution >= 0.6 is 0 Å². The van der Waals surface area contributed by atoms with E-state index in [9.17, 15) is 0 Å². The molecule has 1 aromatic carbocycles. The second-order valence-electron chi connectivity index (χ2n) is 8.97. The van der Waals surface area contributed by atoms with Crippen molar-refractivity contribution in [3.05, 3.63) is 47.5 Å². The first-order valence-corrected chi connectivity index (χ1v) is 12.6. The van der Waals surface area contributed by atoms with Gasteiger partial charge < -0.3 is 0 Å². The molecule has 1 saturated carbocycles. The van der Waals surface area contributed by atoms with Crippen LogP contribution in [0.2, 0.25) is 0 Å². The number of benzene rings is 1. The van der Waals surface area contributed by atoms with E-state index in [4.69, 9.17) is 0 Å². The number of rotatable bonds is 10. The van der Waals surface area contributed by atoms with Gasteiger partial charge in [0.05, 0.1) is 0 Å². The lowest BCUT2D eigenvalue weighted by molar-refractivity contribution is 0.294. The molecule has 0 aliphatic heterocycles. The molecule has 0 unspecified atom stereocenters. The summed E-state index contributed by atoms with van der Waals surface area (Å²) in [5.41, 5.74) is 2.52. The van der Waals surface area contributed by atoms with Crippen molar-refractivity contribution in [2.24, 2.45) is 11.8 Å². The summed E-state index contributed by atoms with van der Waals surface area (Å²) in [6, 6.07) is 8.75. The summed E-state index contributed by atoms with van der Waals surface area (Å²) in [5, 5.41) is 0. The number of unbranched alkanes of at least 4 members (excludes halogenated alkanes) is 6. The average Bonchev–Trinajstić information content (AvgIpc) is 2.78. The molecule has 0 heteroatoms. The number of hydrogen-bond donors (Lipinski definition) is 0. The predicted octanol–water partition coefficient (Wildman–Crippen LogP) is 8.50. The third-order valence-corrected chi connectivity index (χ3v) is 6.34. The molecule has 2 rings (SSSR count). The fourth-order valence-electron chi connectivity index (χ4n) is 4.34. The minimum atomic E-state index is 0.597. The standard InChI is InChI=1S/C30H42/c1-3-5-7-8-12-16-28-23-25-30(26-24-28)18-14-10-9-13-17-29-21-19-27(20-22-29)15-11-6-4-2/h9-10,23-27,29H,3-8,11-12,15-16,19-22H2,1-2H3/b10-9+. The van der Waals surface area contributed by atoms with Crippen LogP contribution in [0.4, 0.5) is 0 Å². The Morgan fingerprint density at radius 2 is 1.43 bits per heavy atom. The van der Waals surface area contributed by atoms with Crippen molar-refractivity contribution in [2.75, 3.05) is 0 Å². The molecule has 0 heterocycles. The van der Waals surface area contributed by atoms with Crippen molar-refractivity contribution in [1.82, 2.24) is 0 Å². The van der Waals surface area contributed by atoms with E-state index in [2.05, 4.69) is 61.8 Å². The Labute approximate surface area is 186 Å². The van der Waals surface area contributed by atoms with Crippen LogP contribution in [0.15, 0.2) is 36.4 Å². The van der Waals surface area contributed by atoms with Crippen molar-refractivity contribution in [3.8, 4) is 23.7 Å². The first-order valence-electron chi connectivity index (χ1n) is 12.6. The van der Waals surface area contributed by atoms with Crippen LogP contribution in [0.3, 0.4) is 0 Å². The van der Waals surface area contributed by atoms with Gasteiger partial charge in [-0.25, -0.2) is 0 Å². The van der Waals surface area contributed by atoms with Crippen molar-refractivity contribution in [2.45, 2.75) is 104 Å². The summed E-state index contributed by atoms with van der Waals surface area (Å²) >= 11 is 0. The smallest absolute Gasteiger partial charge is 0.0249 e. The van der Waals surface area contributed by atoms with Crippen LogP contribution in [0.25, 0.3) is 0 Å². The molecule has 0 aromatic heterocycles. The fraction of sp³-hybridized carbons (Fsp3) is 0.600. The first kappa shape index (κ1) is 24.4. The summed E-state index contributed by atoms with van der Waals surface area (Å²) in [7, 11) is 0. The monoisotopic (exact) mass is 402 g/mol. The molecular weight excluding hydrogens is 360 g/mol. The van der Waals surface area contributed by atoms with Gasteiger partial charge in [0.15, 0.2) is 0 Å². The molecule has 1 aliphatic rings. The number of aryl methyl sites for hydroxylation is 1. The number of allylic oxidation sites excluding steroid dienone is 2. The number of hydrogen-bond acceptors (Lipinski definition) is 0. The summed E-state index contributed by atoms with van der Waals surface area (Å²) < 4.78 is 0. The van der Waals surface area contributed by atoms with Crippen LogP contribution in [-0.4, -0.2) is 0 Å². The lowest BCUT2D eigenvalue weighted by Gasteiger charge is -2.25. The van der Waals surface area contributed by atoms with Crippen molar-refractivity contribution in [3.63, 3.8) is 0 Å². The third kappa shape index (κ3) is 10.7. The molecule has 1 fully saturated rings. The Kier molecular flexibility index (Phi) is 12.9. The van der Waals surface area contributed by atoms with Crippen LogP contribution in [0, 0.1) is 35.5 Å². The van der Waals surface area contributed by atoms with Gasteiger partial charge in [0.2, 0.25) is 0 Å². The van der Waals surface area contributed by atoms with Crippen LogP contribution < -0.4 is 0 Å². The van der Waals surface area contributed by atoms with Gasteiger partial charge in [-0.2, -0.15) is 0 Å². The topological polar surface area (TPSA) is 0 Å². The molecule has 0 nitrogen and oxygen atoms in total. The van der Waals surface area contributed by atoms with E-state index in [-0.39, 0.29) is 0 Å².